The number of alkyl halides is 3. The highest BCUT2D eigenvalue weighted by molar-refractivity contribution is 5.97. The molecule has 35 heavy (non-hydrogen) atoms. The second-order valence-corrected chi connectivity index (χ2v) is 7.35. The summed E-state index contributed by atoms with van der Waals surface area (Å²) in [6.07, 6.45) is -3.34. The van der Waals surface area contributed by atoms with Crippen LogP contribution in [-0.2, 0) is 6.54 Å². The van der Waals surface area contributed by atoms with Gasteiger partial charge in [-0.25, -0.2) is 13.9 Å². The minimum absolute atomic E-state index is 0.00237. The highest BCUT2D eigenvalue weighted by Gasteiger charge is 2.32. The van der Waals surface area contributed by atoms with Crippen molar-refractivity contribution in [1.29, 1.82) is 0 Å². The molecule has 3 aromatic heterocycles. The molecule has 3 N–H and O–H groups in total. The van der Waals surface area contributed by atoms with Gasteiger partial charge in [0.05, 0.1) is 7.11 Å². The lowest BCUT2D eigenvalue weighted by Gasteiger charge is -2.15. The quantitative estimate of drug-likeness (QED) is 0.396. The number of nitrogens with zero attached hydrogens (tertiary/aromatic N) is 4. The van der Waals surface area contributed by atoms with Gasteiger partial charge in [0.2, 0.25) is 11.8 Å². The number of hydrogen-bond donors (Lipinski definition) is 2. The number of benzene rings is 1. The highest BCUT2D eigenvalue weighted by atomic mass is 19.4. The molecule has 1 amide bonds. The molecule has 0 atom stereocenters. The summed E-state index contributed by atoms with van der Waals surface area (Å²) in [6.45, 7) is 1.27. The SMILES string of the molecule is COc1nc(C)c(-c2ccn3nc(N)nc3c2)cc1C(=O)NCc1cc(F)ccc1OC(F)(F)F. The summed E-state index contributed by atoms with van der Waals surface area (Å²) in [7, 11) is 1.32. The molecule has 0 bridgehead atoms. The molecule has 3 heterocycles. The van der Waals surface area contributed by atoms with Gasteiger partial charge in [-0.3, -0.25) is 4.79 Å². The van der Waals surface area contributed by atoms with E-state index < -0.39 is 30.4 Å². The number of nitrogen functional groups attached to an aromatic ring is 1. The maximum Gasteiger partial charge on any atom is 0.573 e. The average Bonchev–Trinajstić information content (AvgIpc) is 3.17. The molecule has 4 aromatic rings. The summed E-state index contributed by atoms with van der Waals surface area (Å²) in [5.74, 6) is -2.02. The zero-order valence-electron chi connectivity index (χ0n) is 18.4. The third kappa shape index (κ3) is 5.23. The number of nitrogens with two attached hydrogens (primary N) is 1. The lowest BCUT2D eigenvalue weighted by molar-refractivity contribution is -0.274. The first-order valence-electron chi connectivity index (χ1n) is 10.0. The molecule has 4 rings (SSSR count). The number of amides is 1. The van der Waals surface area contributed by atoms with E-state index in [1.54, 1.807) is 25.3 Å². The molecule has 0 saturated heterocycles. The van der Waals surface area contributed by atoms with Crippen molar-refractivity contribution >= 4 is 17.5 Å². The van der Waals surface area contributed by atoms with E-state index in [1.807, 2.05) is 0 Å². The molecule has 1 aromatic carbocycles. The Kier molecular flexibility index (Phi) is 6.16. The number of carbonyl (C=O) groups is 1. The molecular formula is C22H18F4N6O3. The van der Waals surface area contributed by atoms with Gasteiger partial charge in [-0.05, 0) is 48.9 Å². The minimum atomic E-state index is -4.98. The van der Waals surface area contributed by atoms with Gasteiger partial charge in [-0.1, -0.05) is 0 Å². The van der Waals surface area contributed by atoms with E-state index in [4.69, 9.17) is 10.5 Å². The Morgan fingerprint density at radius 1 is 1.17 bits per heavy atom. The second kappa shape index (κ2) is 9.08. The van der Waals surface area contributed by atoms with E-state index >= 15 is 0 Å². The van der Waals surface area contributed by atoms with Gasteiger partial charge in [-0.15, -0.1) is 18.3 Å². The average molecular weight is 490 g/mol. The Hall–Kier alpha value is -4.42. The van der Waals surface area contributed by atoms with Crippen LogP contribution < -0.4 is 20.5 Å². The van der Waals surface area contributed by atoms with Crippen LogP contribution in [-0.4, -0.2) is 39.0 Å². The number of methoxy groups -OCH3 is 1. The monoisotopic (exact) mass is 490 g/mol. The van der Waals surface area contributed by atoms with Crippen molar-refractivity contribution in [2.24, 2.45) is 0 Å². The van der Waals surface area contributed by atoms with E-state index in [0.29, 0.717) is 22.5 Å². The predicted molar refractivity (Wildman–Crippen MR) is 116 cm³/mol. The molecular weight excluding hydrogens is 472 g/mol. The molecule has 182 valence electrons. The summed E-state index contributed by atoms with van der Waals surface area (Å²) < 4.78 is 62.3. The fourth-order valence-electron chi connectivity index (χ4n) is 3.44. The predicted octanol–water partition coefficient (Wildman–Crippen LogP) is 3.66. The van der Waals surface area contributed by atoms with E-state index in [1.165, 1.54) is 17.7 Å². The number of carbonyl (C=O) groups excluding carboxylic acids is 1. The molecule has 0 aliphatic heterocycles. The number of anilines is 1. The molecule has 0 aliphatic carbocycles. The number of rotatable bonds is 6. The third-order valence-corrected chi connectivity index (χ3v) is 4.97. The van der Waals surface area contributed by atoms with E-state index in [9.17, 15) is 22.4 Å². The zero-order chi connectivity index (χ0) is 25.3. The van der Waals surface area contributed by atoms with Crippen molar-refractivity contribution in [1.82, 2.24) is 24.9 Å². The number of nitrogens with one attached hydrogen (secondary N) is 1. The number of aryl methyl sites for hydroxylation is 1. The molecule has 9 nitrogen and oxygen atoms in total. The van der Waals surface area contributed by atoms with Crippen molar-refractivity contribution in [2.75, 3.05) is 12.8 Å². The Bertz CT molecular complexity index is 1420. The van der Waals surface area contributed by atoms with Crippen molar-refractivity contribution in [3.05, 3.63) is 65.2 Å². The Labute approximate surface area is 195 Å². The molecule has 0 spiro atoms. The van der Waals surface area contributed by atoms with Gasteiger partial charge in [0.25, 0.3) is 5.91 Å². The Morgan fingerprint density at radius 2 is 1.94 bits per heavy atom. The van der Waals surface area contributed by atoms with Crippen LogP contribution in [0, 0.1) is 12.7 Å². The molecule has 0 radical (unpaired) electrons. The van der Waals surface area contributed by atoms with E-state index in [-0.39, 0.29) is 23.0 Å². The first-order chi connectivity index (χ1) is 16.5. The zero-order valence-corrected chi connectivity index (χ0v) is 18.4. The smallest absolute Gasteiger partial charge is 0.480 e. The number of hydrogen-bond acceptors (Lipinski definition) is 7. The van der Waals surface area contributed by atoms with Gasteiger partial charge in [0, 0.05) is 29.6 Å². The van der Waals surface area contributed by atoms with Gasteiger partial charge in [0.15, 0.2) is 5.65 Å². The fourth-order valence-corrected chi connectivity index (χ4v) is 3.44. The first kappa shape index (κ1) is 23.7. The molecule has 0 aliphatic rings. The molecule has 13 heteroatoms. The second-order valence-electron chi connectivity index (χ2n) is 7.35. The maximum absolute atomic E-state index is 13.6. The van der Waals surface area contributed by atoms with Gasteiger partial charge in [-0.2, -0.15) is 4.98 Å². The van der Waals surface area contributed by atoms with Crippen LogP contribution in [0.2, 0.25) is 0 Å². The van der Waals surface area contributed by atoms with Crippen molar-refractivity contribution in [2.45, 2.75) is 19.8 Å². The number of aromatic nitrogens is 4. The Morgan fingerprint density at radius 3 is 2.66 bits per heavy atom. The lowest BCUT2D eigenvalue weighted by Crippen LogP contribution is -2.25. The number of pyridine rings is 2. The lowest BCUT2D eigenvalue weighted by atomic mass is 10.0. The fraction of sp³-hybridized carbons (Fsp3) is 0.182. The largest absolute Gasteiger partial charge is 0.573 e. The molecule has 0 fully saturated rings. The highest BCUT2D eigenvalue weighted by Crippen LogP contribution is 2.30. The van der Waals surface area contributed by atoms with Crippen LogP contribution in [0.4, 0.5) is 23.5 Å². The van der Waals surface area contributed by atoms with Gasteiger partial charge in [0.1, 0.15) is 17.1 Å². The number of ether oxygens (including phenoxy) is 2. The number of halogens is 4. The Balaban J connectivity index is 1.64. The van der Waals surface area contributed by atoms with E-state index in [0.717, 1.165) is 18.2 Å². The van der Waals surface area contributed by atoms with Gasteiger partial charge < -0.3 is 20.5 Å². The summed E-state index contributed by atoms with van der Waals surface area (Å²) >= 11 is 0. The summed E-state index contributed by atoms with van der Waals surface area (Å²) in [5, 5.41) is 6.47. The van der Waals surface area contributed by atoms with Crippen LogP contribution in [0.15, 0.2) is 42.6 Å². The van der Waals surface area contributed by atoms with Crippen molar-refractivity contribution < 1.29 is 31.8 Å². The first-order valence-corrected chi connectivity index (χ1v) is 10.0. The van der Waals surface area contributed by atoms with Crippen LogP contribution in [0.25, 0.3) is 16.8 Å². The summed E-state index contributed by atoms with van der Waals surface area (Å²) in [4.78, 5) is 21.4. The van der Waals surface area contributed by atoms with Gasteiger partial charge >= 0.3 is 6.36 Å². The summed E-state index contributed by atoms with van der Waals surface area (Å²) in [5.41, 5.74) is 7.70. The molecule has 0 unspecified atom stereocenters. The van der Waals surface area contributed by atoms with Crippen LogP contribution in [0.3, 0.4) is 0 Å². The van der Waals surface area contributed by atoms with E-state index in [2.05, 4.69) is 25.1 Å². The van der Waals surface area contributed by atoms with Crippen molar-refractivity contribution in [3.8, 4) is 22.8 Å². The standard InChI is InChI=1S/C22H18F4N6O3/c1-11-15(12-5-6-32-18(8-12)30-21(27)31-32)9-16(20(29-11)34-2)19(33)28-10-13-7-14(23)3-4-17(13)35-22(24,25)26/h3-9H,10H2,1-2H3,(H2,27,31)(H,28,33). The normalized spacial score (nSPS) is 11.5. The maximum atomic E-state index is 13.6. The minimum Gasteiger partial charge on any atom is -0.480 e. The van der Waals surface area contributed by atoms with Crippen LogP contribution >= 0.6 is 0 Å². The summed E-state index contributed by atoms with van der Waals surface area (Å²) in [6, 6.07) is 7.47. The third-order valence-electron chi connectivity index (χ3n) is 4.97. The topological polar surface area (TPSA) is 117 Å². The molecule has 0 saturated carbocycles. The van der Waals surface area contributed by atoms with Crippen LogP contribution in [0.1, 0.15) is 21.6 Å². The van der Waals surface area contributed by atoms with Crippen LogP contribution in [0.5, 0.6) is 11.6 Å². The number of fused-ring (bicyclic) bond motifs is 1. The van der Waals surface area contributed by atoms with Crippen molar-refractivity contribution in [3.63, 3.8) is 0 Å².